The molecule has 32 heavy (non-hydrogen) atoms. The van der Waals surface area contributed by atoms with Crippen molar-refractivity contribution >= 4 is 5.82 Å². The Morgan fingerprint density at radius 1 is 0.938 bits per heavy atom. The minimum Gasteiger partial charge on any atom is -0.474 e. The molecule has 1 saturated heterocycles. The fraction of sp³-hybridized carbons (Fsp3) is 0.208. The van der Waals surface area contributed by atoms with Crippen molar-refractivity contribution in [1.29, 1.82) is 5.26 Å². The van der Waals surface area contributed by atoms with Gasteiger partial charge in [0.15, 0.2) is 0 Å². The Labute approximate surface area is 185 Å². The minimum absolute atomic E-state index is 0.0787. The Bertz CT molecular complexity index is 1220. The van der Waals surface area contributed by atoms with E-state index < -0.39 is 0 Å². The van der Waals surface area contributed by atoms with Crippen molar-refractivity contribution in [2.45, 2.75) is 18.9 Å². The number of anilines is 1. The SMILES string of the molecule is N#Cc1ccc(N2CCC(Oc3cc(-n4cnc(-c5ccccc5)c4)ncn3)CC2)nc1. The van der Waals surface area contributed by atoms with Crippen molar-refractivity contribution in [3.05, 3.63) is 79.1 Å². The number of piperidine rings is 1. The van der Waals surface area contributed by atoms with Crippen LogP contribution < -0.4 is 9.64 Å². The average Bonchev–Trinajstić information content (AvgIpc) is 3.36. The molecule has 8 heteroatoms. The first-order chi connectivity index (χ1) is 15.8. The van der Waals surface area contributed by atoms with Gasteiger partial charge in [0.05, 0.1) is 11.3 Å². The molecule has 0 spiro atoms. The molecule has 0 radical (unpaired) electrons. The Balaban J connectivity index is 1.22. The maximum Gasteiger partial charge on any atom is 0.218 e. The predicted octanol–water partition coefficient (Wildman–Crippen LogP) is 3.64. The fourth-order valence-electron chi connectivity index (χ4n) is 3.75. The summed E-state index contributed by atoms with van der Waals surface area (Å²) >= 11 is 0. The van der Waals surface area contributed by atoms with Crippen molar-refractivity contribution in [3.8, 4) is 29.0 Å². The molecule has 0 unspecified atom stereocenters. The van der Waals surface area contributed by atoms with Gasteiger partial charge >= 0.3 is 0 Å². The summed E-state index contributed by atoms with van der Waals surface area (Å²) in [5.41, 5.74) is 2.51. The van der Waals surface area contributed by atoms with Crippen molar-refractivity contribution in [1.82, 2.24) is 24.5 Å². The molecule has 5 rings (SSSR count). The quantitative estimate of drug-likeness (QED) is 0.484. The lowest BCUT2D eigenvalue weighted by molar-refractivity contribution is 0.163. The molecule has 0 saturated carbocycles. The Kier molecular flexibility index (Phi) is 5.45. The minimum atomic E-state index is 0.0787. The van der Waals surface area contributed by atoms with Crippen LogP contribution in [0.4, 0.5) is 5.82 Å². The summed E-state index contributed by atoms with van der Waals surface area (Å²) in [6, 6.07) is 17.7. The smallest absolute Gasteiger partial charge is 0.218 e. The molecule has 0 aliphatic carbocycles. The second kappa shape index (κ2) is 8.86. The molecule has 158 valence electrons. The highest BCUT2D eigenvalue weighted by Crippen LogP contribution is 2.23. The number of nitrogens with zero attached hydrogens (tertiary/aromatic N) is 7. The normalized spacial score (nSPS) is 14.2. The summed E-state index contributed by atoms with van der Waals surface area (Å²) in [7, 11) is 0. The van der Waals surface area contributed by atoms with E-state index in [-0.39, 0.29) is 6.10 Å². The Morgan fingerprint density at radius 3 is 2.53 bits per heavy atom. The van der Waals surface area contributed by atoms with Gasteiger partial charge in [0.2, 0.25) is 5.88 Å². The van der Waals surface area contributed by atoms with Crippen LogP contribution in [0.2, 0.25) is 0 Å². The van der Waals surface area contributed by atoms with Gasteiger partial charge in [-0.1, -0.05) is 30.3 Å². The summed E-state index contributed by atoms with van der Waals surface area (Å²) < 4.78 is 8.03. The molecule has 1 aromatic carbocycles. The number of rotatable bonds is 5. The van der Waals surface area contributed by atoms with Gasteiger partial charge in [0, 0.05) is 50.0 Å². The first kappa shape index (κ1) is 19.7. The van der Waals surface area contributed by atoms with Gasteiger partial charge in [-0.05, 0) is 12.1 Å². The van der Waals surface area contributed by atoms with Gasteiger partial charge < -0.3 is 9.64 Å². The summed E-state index contributed by atoms with van der Waals surface area (Å²) in [6.07, 6.45) is 8.63. The third kappa shape index (κ3) is 4.27. The van der Waals surface area contributed by atoms with E-state index in [1.165, 1.54) is 6.33 Å². The number of nitriles is 1. The standard InChI is InChI=1S/C24H21N7O/c25-13-18-6-7-22(26-14-18)30-10-8-20(9-11-30)32-24-12-23(27-16-28-24)31-15-21(29-17-31)19-4-2-1-3-5-19/h1-7,12,14-17,20H,8-11H2. The molecule has 0 N–H and O–H groups in total. The third-order valence-corrected chi connectivity index (χ3v) is 5.47. The highest BCUT2D eigenvalue weighted by Gasteiger charge is 2.22. The molecule has 1 fully saturated rings. The maximum absolute atomic E-state index is 8.92. The zero-order valence-electron chi connectivity index (χ0n) is 17.4. The topological polar surface area (TPSA) is 92.8 Å². The van der Waals surface area contributed by atoms with Crippen LogP contribution in [0.25, 0.3) is 17.1 Å². The molecular weight excluding hydrogens is 402 g/mol. The largest absolute Gasteiger partial charge is 0.474 e. The monoisotopic (exact) mass is 423 g/mol. The fourth-order valence-corrected chi connectivity index (χ4v) is 3.75. The summed E-state index contributed by atoms with van der Waals surface area (Å²) in [6.45, 7) is 1.67. The van der Waals surface area contributed by atoms with Gasteiger partial charge in [0.25, 0.3) is 0 Å². The highest BCUT2D eigenvalue weighted by atomic mass is 16.5. The predicted molar refractivity (Wildman–Crippen MR) is 119 cm³/mol. The molecule has 1 aliphatic rings. The van der Waals surface area contributed by atoms with Gasteiger partial charge in [-0.3, -0.25) is 4.57 Å². The average molecular weight is 423 g/mol. The molecule has 0 atom stereocenters. The maximum atomic E-state index is 8.92. The van der Waals surface area contributed by atoms with Crippen LogP contribution in [0.15, 0.2) is 73.6 Å². The second-order valence-electron chi connectivity index (χ2n) is 7.57. The van der Waals surface area contributed by atoms with Crippen LogP contribution >= 0.6 is 0 Å². The third-order valence-electron chi connectivity index (χ3n) is 5.47. The van der Waals surface area contributed by atoms with Crippen LogP contribution in [0.5, 0.6) is 5.88 Å². The van der Waals surface area contributed by atoms with E-state index in [0.29, 0.717) is 17.3 Å². The van der Waals surface area contributed by atoms with Gasteiger partial charge in [-0.15, -0.1) is 0 Å². The summed E-state index contributed by atoms with van der Waals surface area (Å²) in [5, 5.41) is 8.92. The molecule has 8 nitrogen and oxygen atoms in total. The van der Waals surface area contributed by atoms with Crippen LogP contribution in [0.1, 0.15) is 18.4 Å². The molecular formula is C24H21N7O. The number of hydrogen-bond acceptors (Lipinski definition) is 7. The second-order valence-corrected chi connectivity index (χ2v) is 7.57. The van der Waals surface area contributed by atoms with Crippen LogP contribution in [-0.2, 0) is 0 Å². The van der Waals surface area contributed by atoms with Gasteiger partial charge in [-0.2, -0.15) is 5.26 Å². The van der Waals surface area contributed by atoms with Gasteiger partial charge in [0.1, 0.15) is 36.5 Å². The zero-order chi connectivity index (χ0) is 21.8. The highest BCUT2D eigenvalue weighted by molar-refractivity contribution is 5.58. The lowest BCUT2D eigenvalue weighted by Crippen LogP contribution is -2.38. The zero-order valence-corrected chi connectivity index (χ0v) is 17.4. The Hall–Kier alpha value is -4.25. The number of ether oxygens (including phenoxy) is 1. The summed E-state index contributed by atoms with van der Waals surface area (Å²) in [5.74, 6) is 2.16. The van der Waals surface area contributed by atoms with Crippen LogP contribution in [0, 0.1) is 11.3 Å². The molecule has 0 amide bonds. The number of imidazole rings is 1. The van der Waals surface area contributed by atoms with E-state index in [1.807, 2.05) is 53.2 Å². The number of hydrogen-bond donors (Lipinski definition) is 0. The van der Waals surface area contributed by atoms with E-state index in [4.69, 9.17) is 10.00 Å². The first-order valence-electron chi connectivity index (χ1n) is 10.5. The van der Waals surface area contributed by atoms with Crippen LogP contribution in [-0.4, -0.2) is 43.7 Å². The molecule has 4 heterocycles. The first-order valence-corrected chi connectivity index (χ1v) is 10.5. The lowest BCUT2D eigenvalue weighted by Gasteiger charge is -2.32. The van der Waals surface area contributed by atoms with Crippen molar-refractivity contribution < 1.29 is 4.74 Å². The van der Waals surface area contributed by atoms with Gasteiger partial charge in [-0.25, -0.2) is 19.9 Å². The molecule has 4 aromatic rings. The van der Waals surface area contributed by atoms with E-state index in [9.17, 15) is 0 Å². The molecule has 0 bridgehead atoms. The van der Waals surface area contributed by atoms with E-state index in [1.54, 1.807) is 18.6 Å². The lowest BCUT2D eigenvalue weighted by atomic mass is 10.1. The number of aromatic nitrogens is 5. The number of benzene rings is 1. The van der Waals surface area contributed by atoms with Crippen molar-refractivity contribution in [3.63, 3.8) is 0 Å². The van der Waals surface area contributed by atoms with Crippen molar-refractivity contribution in [2.24, 2.45) is 0 Å². The van der Waals surface area contributed by atoms with Crippen LogP contribution in [0.3, 0.4) is 0 Å². The van der Waals surface area contributed by atoms with E-state index in [0.717, 1.165) is 43.0 Å². The van der Waals surface area contributed by atoms with Crippen molar-refractivity contribution in [2.75, 3.05) is 18.0 Å². The summed E-state index contributed by atoms with van der Waals surface area (Å²) in [4.78, 5) is 19.7. The molecule has 3 aromatic heterocycles. The Morgan fingerprint density at radius 2 is 1.78 bits per heavy atom. The number of pyridine rings is 1. The molecule has 1 aliphatic heterocycles. The van der Waals surface area contributed by atoms with E-state index in [2.05, 4.69) is 30.9 Å². The van der Waals surface area contributed by atoms with E-state index >= 15 is 0 Å².